The van der Waals surface area contributed by atoms with Crippen LogP contribution in [0.4, 0.5) is 0 Å². The van der Waals surface area contributed by atoms with E-state index in [4.69, 9.17) is 9.47 Å². The second-order valence-electron chi connectivity index (χ2n) is 2.74. The number of rotatable bonds is 0. The molecule has 2 aliphatic rings. The highest BCUT2D eigenvalue weighted by molar-refractivity contribution is 5.12. The van der Waals surface area contributed by atoms with Crippen LogP contribution in [0.15, 0.2) is 11.6 Å². The number of fused-ring (bicyclic) bond motifs is 2. The van der Waals surface area contributed by atoms with Crippen LogP contribution in [0.2, 0.25) is 0 Å². The van der Waals surface area contributed by atoms with E-state index in [-0.39, 0.29) is 12.4 Å². The van der Waals surface area contributed by atoms with Crippen molar-refractivity contribution in [1.29, 1.82) is 0 Å². The Bertz CT molecular complexity index is 176. The zero-order chi connectivity index (χ0) is 7.14. The average Bonchev–Trinajstić information content (AvgIpc) is 2.28. The minimum Gasteiger partial charge on any atom is -0.386 e. The van der Waals surface area contributed by atoms with Gasteiger partial charge in [0.1, 0.15) is 12.2 Å². The molecule has 2 aliphatic heterocycles. The lowest BCUT2D eigenvalue weighted by Crippen LogP contribution is -2.31. The Morgan fingerprint density at radius 2 is 2.50 bits per heavy atom. The van der Waals surface area contributed by atoms with E-state index in [1.54, 1.807) is 6.08 Å². The number of ether oxygens (including phenoxy) is 2. The third-order valence-corrected chi connectivity index (χ3v) is 1.90. The molecule has 0 spiro atoms. The van der Waals surface area contributed by atoms with E-state index < -0.39 is 6.10 Å². The van der Waals surface area contributed by atoms with Gasteiger partial charge in [0.2, 0.25) is 0 Å². The zero-order valence-corrected chi connectivity index (χ0v) is 5.78. The maximum atomic E-state index is 9.28. The molecule has 2 heterocycles. The molecule has 0 aromatic carbocycles. The molecular formula is C7H10O3. The second kappa shape index (κ2) is 2.05. The first-order chi connectivity index (χ1) is 4.77. The van der Waals surface area contributed by atoms with Gasteiger partial charge in [-0.15, -0.1) is 0 Å². The van der Waals surface area contributed by atoms with E-state index in [0.29, 0.717) is 6.61 Å². The number of hydrogen-bond acceptors (Lipinski definition) is 3. The quantitative estimate of drug-likeness (QED) is 0.486. The van der Waals surface area contributed by atoms with Crippen molar-refractivity contribution in [1.82, 2.24) is 0 Å². The molecule has 0 radical (unpaired) electrons. The lowest BCUT2D eigenvalue weighted by atomic mass is 10.1. The molecule has 3 nitrogen and oxygen atoms in total. The fourth-order valence-corrected chi connectivity index (χ4v) is 1.29. The Morgan fingerprint density at radius 3 is 3.30 bits per heavy atom. The van der Waals surface area contributed by atoms with E-state index in [0.717, 1.165) is 5.57 Å². The molecule has 1 N–H and O–H groups in total. The SMILES string of the molecule is CC1=C[C@H](O)[C@H]2CO[C@@H]1O2. The topological polar surface area (TPSA) is 38.7 Å². The Balaban J connectivity index is 2.25. The molecule has 0 aromatic heterocycles. The van der Waals surface area contributed by atoms with Crippen molar-refractivity contribution in [2.24, 2.45) is 0 Å². The van der Waals surface area contributed by atoms with Gasteiger partial charge in [0.25, 0.3) is 0 Å². The molecule has 3 atom stereocenters. The molecule has 2 rings (SSSR count). The molecule has 0 aromatic rings. The molecule has 2 bridgehead atoms. The van der Waals surface area contributed by atoms with Crippen LogP contribution in [0.5, 0.6) is 0 Å². The largest absolute Gasteiger partial charge is 0.386 e. The van der Waals surface area contributed by atoms with E-state index in [2.05, 4.69) is 0 Å². The van der Waals surface area contributed by atoms with E-state index in [1.807, 2.05) is 6.92 Å². The van der Waals surface area contributed by atoms with Crippen molar-refractivity contribution in [2.75, 3.05) is 6.61 Å². The summed E-state index contributed by atoms with van der Waals surface area (Å²) in [4.78, 5) is 0. The summed E-state index contributed by atoms with van der Waals surface area (Å²) in [5, 5.41) is 9.28. The van der Waals surface area contributed by atoms with Gasteiger partial charge in [-0.25, -0.2) is 0 Å². The van der Waals surface area contributed by atoms with Crippen molar-refractivity contribution in [3.63, 3.8) is 0 Å². The van der Waals surface area contributed by atoms with Crippen molar-refractivity contribution in [3.05, 3.63) is 11.6 Å². The summed E-state index contributed by atoms with van der Waals surface area (Å²) in [5.41, 5.74) is 0.973. The van der Waals surface area contributed by atoms with Crippen molar-refractivity contribution in [2.45, 2.75) is 25.4 Å². The van der Waals surface area contributed by atoms with Crippen molar-refractivity contribution < 1.29 is 14.6 Å². The fourth-order valence-electron chi connectivity index (χ4n) is 1.29. The normalized spacial score (nSPS) is 45.4. The van der Waals surface area contributed by atoms with Gasteiger partial charge < -0.3 is 14.6 Å². The predicted molar refractivity (Wildman–Crippen MR) is 34.4 cm³/mol. The Kier molecular flexibility index (Phi) is 1.30. The fraction of sp³-hybridized carbons (Fsp3) is 0.714. The van der Waals surface area contributed by atoms with Crippen molar-refractivity contribution in [3.8, 4) is 0 Å². The summed E-state index contributed by atoms with van der Waals surface area (Å²) in [6, 6.07) is 0. The van der Waals surface area contributed by atoms with Crippen molar-refractivity contribution >= 4 is 0 Å². The maximum absolute atomic E-state index is 9.28. The first kappa shape index (κ1) is 6.34. The van der Waals surface area contributed by atoms with Gasteiger partial charge >= 0.3 is 0 Å². The molecule has 0 amide bonds. The van der Waals surface area contributed by atoms with Gasteiger partial charge in [-0.3, -0.25) is 0 Å². The summed E-state index contributed by atoms with van der Waals surface area (Å²) in [6.45, 7) is 2.41. The van der Waals surface area contributed by atoms with Gasteiger partial charge in [0, 0.05) is 0 Å². The monoisotopic (exact) mass is 142 g/mol. The molecule has 1 saturated heterocycles. The molecule has 0 unspecified atom stereocenters. The van der Waals surface area contributed by atoms with E-state index in [9.17, 15) is 5.11 Å². The van der Waals surface area contributed by atoms with Crippen LogP contribution in [0.3, 0.4) is 0 Å². The number of hydrogen-bond donors (Lipinski definition) is 1. The summed E-state index contributed by atoms with van der Waals surface area (Å²) in [7, 11) is 0. The minimum atomic E-state index is -0.473. The van der Waals surface area contributed by atoms with E-state index >= 15 is 0 Å². The third kappa shape index (κ3) is 0.785. The first-order valence-corrected chi connectivity index (χ1v) is 3.41. The number of aliphatic hydroxyl groups is 1. The van der Waals surface area contributed by atoms with Crippen LogP contribution in [0.25, 0.3) is 0 Å². The standard InChI is InChI=1S/C7H10O3/c1-4-2-5(8)6-3-9-7(4)10-6/h2,5-8H,3H2,1H3/t5-,6+,7+/m0/s1. The Labute approximate surface area is 59.2 Å². The smallest absolute Gasteiger partial charge is 0.180 e. The highest BCUT2D eigenvalue weighted by atomic mass is 16.7. The van der Waals surface area contributed by atoms with E-state index in [1.165, 1.54) is 0 Å². The summed E-state index contributed by atoms with van der Waals surface area (Å²) < 4.78 is 10.5. The molecular weight excluding hydrogens is 132 g/mol. The summed E-state index contributed by atoms with van der Waals surface area (Å²) in [5.74, 6) is 0. The van der Waals surface area contributed by atoms with Crippen LogP contribution < -0.4 is 0 Å². The van der Waals surface area contributed by atoms with Crippen LogP contribution in [0.1, 0.15) is 6.92 Å². The lowest BCUT2D eigenvalue weighted by molar-refractivity contribution is -0.0612. The zero-order valence-electron chi connectivity index (χ0n) is 5.78. The lowest BCUT2D eigenvalue weighted by Gasteiger charge is -2.20. The minimum absolute atomic E-state index is 0.131. The molecule has 0 saturated carbocycles. The van der Waals surface area contributed by atoms with Crippen LogP contribution in [-0.2, 0) is 9.47 Å². The first-order valence-electron chi connectivity index (χ1n) is 3.41. The van der Waals surface area contributed by atoms with Crippen LogP contribution in [-0.4, -0.2) is 30.2 Å². The van der Waals surface area contributed by atoms with Gasteiger partial charge in [-0.2, -0.15) is 0 Å². The van der Waals surface area contributed by atoms with Gasteiger partial charge in [-0.1, -0.05) is 0 Å². The predicted octanol–water partition coefficient (Wildman–Crippen LogP) is 0.0487. The van der Waals surface area contributed by atoms with Crippen LogP contribution >= 0.6 is 0 Å². The molecule has 3 heteroatoms. The molecule has 0 aliphatic carbocycles. The van der Waals surface area contributed by atoms with Gasteiger partial charge in [0.05, 0.1) is 6.61 Å². The maximum Gasteiger partial charge on any atom is 0.180 e. The van der Waals surface area contributed by atoms with Crippen LogP contribution in [0, 0.1) is 0 Å². The summed E-state index contributed by atoms with van der Waals surface area (Å²) in [6.07, 6.45) is 1.01. The third-order valence-electron chi connectivity index (χ3n) is 1.90. The number of aliphatic hydroxyl groups excluding tert-OH is 1. The second-order valence-corrected chi connectivity index (χ2v) is 2.74. The summed E-state index contributed by atoms with van der Waals surface area (Å²) >= 11 is 0. The Hall–Kier alpha value is -0.380. The highest BCUT2D eigenvalue weighted by Gasteiger charge is 2.35. The Morgan fingerprint density at radius 1 is 1.70 bits per heavy atom. The van der Waals surface area contributed by atoms with Gasteiger partial charge in [-0.05, 0) is 18.6 Å². The molecule has 56 valence electrons. The molecule has 1 fully saturated rings. The molecule has 10 heavy (non-hydrogen) atoms. The van der Waals surface area contributed by atoms with Gasteiger partial charge in [0.15, 0.2) is 6.29 Å². The average molecular weight is 142 g/mol. The highest BCUT2D eigenvalue weighted by Crippen LogP contribution is 2.26.